The zero-order chi connectivity index (χ0) is 95.2. The molecular formula is C79H85Cl8FN28O13S. The van der Waals surface area contributed by atoms with Crippen molar-refractivity contribution >= 4 is 175 Å². The van der Waals surface area contributed by atoms with Gasteiger partial charge < -0.3 is 80.3 Å². The second-order valence-electron chi connectivity index (χ2n) is 25.9. The number of para-hydroxylation sites is 1. The van der Waals surface area contributed by atoms with Gasteiger partial charge in [-0.3, -0.25) is 25.3 Å². The predicted molar refractivity (Wildman–Crippen MR) is 494 cm³/mol. The lowest BCUT2D eigenvalue weighted by molar-refractivity contribution is 0.120. The third-order valence-corrected chi connectivity index (χ3v) is 20.6. The minimum Gasteiger partial charge on any atom is -0.479 e. The number of pyridine rings is 8. The zero-order valence-electron chi connectivity index (χ0n) is 72.1. The third-order valence-electron chi connectivity index (χ3n) is 17.6. The molecule has 9 N–H and O–H groups in total. The van der Waals surface area contributed by atoms with Crippen LogP contribution in [-0.2, 0) is 18.9 Å². The van der Waals surface area contributed by atoms with Gasteiger partial charge >= 0.3 is 24.2 Å². The molecule has 0 fully saturated rings. The molecule has 0 radical (unpaired) electrons. The van der Waals surface area contributed by atoms with E-state index in [1.807, 2.05) is 40.7 Å². The number of rotatable bonds is 24. The van der Waals surface area contributed by atoms with Crippen molar-refractivity contribution in [2.75, 3.05) is 106 Å². The molecule has 2 unspecified atom stereocenters. The Balaban J connectivity index is 0.000000203. The molecule has 0 aliphatic carbocycles. The number of amides is 7. The maximum absolute atomic E-state index is 12.6. The van der Waals surface area contributed by atoms with Gasteiger partial charge in [-0.15, -0.1) is 19.2 Å². The molecule has 0 spiro atoms. The van der Waals surface area contributed by atoms with Gasteiger partial charge in [-0.25, -0.2) is 19.2 Å². The molecule has 0 bridgehead atoms. The molecule has 7 amide bonds. The van der Waals surface area contributed by atoms with Crippen LogP contribution in [0.25, 0.3) is 23.3 Å². The van der Waals surface area contributed by atoms with Gasteiger partial charge in [0.25, 0.3) is 0 Å². The van der Waals surface area contributed by atoms with Crippen LogP contribution >= 0.6 is 105 Å². The number of benzene rings is 1. The number of aromatic nitrogens is 20. The average Bonchev–Trinajstić information content (AvgIpc) is 1.43. The number of anilines is 8. The van der Waals surface area contributed by atoms with Crippen molar-refractivity contribution in [2.24, 2.45) is 0 Å². The molecule has 41 nitrogen and oxygen atoms in total. The number of carbonyl (C=O) groups excluding carboxylic acids is 4. The molecule has 0 aliphatic rings. The monoisotopic (exact) mass is 1960 g/mol. The van der Waals surface area contributed by atoms with Gasteiger partial charge in [0.1, 0.15) is 28.5 Å². The second-order valence-corrected chi connectivity index (χ2v) is 29.3. The van der Waals surface area contributed by atoms with Crippen molar-refractivity contribution in [1.29, 1.82) is 0 Å². The summed E-state index contributed by atoms with van der Waals surface area (Å²) in [6.45, 7) is 14.5. The van der Waals surface area contributed by atoms with E-state index in [-0.39, 0.29) is 126 Å². The SMILES string of the molecule is COC(C)c1c(N)cnc(C)c1Cl.COc1nc(-n2nccn2)c(Cl)cc1NC(=O)Nc1cnc(C)c(Cl)c1C(C)OC.COc1nc(-n2nccn2)c(Cl)cc1NC(=O)Nc1cnc(C)c(Cl)c1[C@@H](C)OC.COc1nc(-n2nccn2)c(Cl)cc1NC(=O)Nc1cnc(C)c(Cl)c1[C@H](C)OC.COc1nc(-n2nccn2)c(Cl)cc1NC(=O)Oc1ccccc1.CSF. The van der Waals surface area contributed by atoms with E-state index in [2.05, 4.69) is 118 Å². The molecule has 0 saturated heterocycles. The summed E-state index contributed by atoms with van der Waals surface area (Å²) in [4.78, 5) is 88.5. The Bertz CT molecular complexity index is 5580. The fourth-order valence-corrected chi connectivity index (χ4v) is 13.2. The van der Waals surface area contributed by atoms with E-state index in [1.165, 1.54) is 146 Å². The Labute approximate surface area is 787 Å². The van der Waals surface area contributed by atoms with Crippen LogP contribution in [0.3, 0.4) is 0 Å². The Hall–Kier alpha value is -12.5. The van der Waals surface area contributed by atoms with Gasteiger partial charge in [-0.05, 0) is 91.8 Å². The van der Waals surface area contributed by atoms with Crippen molar-refractivity contribution in [3.8, 4) is 52.5 Å². The van der Waals surface area contributed by atoms with Crippen molar-refractivity contribution in [1.82, 2.24) is 99.8 Å². The van der Waals surface area contributed by atoms with E-state index in [1.54, 1.807) is 79.7 Å². The van der Waals surface area contributed by atoms with Crippen LogP contribution in [0, 0.1) is 27.7 Å². The summed E-state index contributed by atoms with van der Waals surface area (Å²) in [5, 5.41) is 53.3. The topological polar surface area (TPSA) is 488 Å². The molecule has 688 valence electrons. The largest absolute Gasteiger partial charge is 0.479 e. The molecule has 1 aromatic carbocycles. The summed E-state index contributed by atoms with van der Waals surface area (Å²) in [7, 11) is 11.9. The molecule has 0 aliphatic heterocycles. The Morgan fingerprint density at radius 3 is 0.854 bits per heavy atom. The third kappa shape index (κ3) is 27.3. The minimum atomic E-state index is -0.692. The highest BCUT2D eigenvalue weighted by Crippen LogP contribution is 2.40. The highest BCUT2D eigenvalue weighted by Gasteiger charge is 2.27. The van der Waals surface area contributed by atoms with Gasteiger partial charge in [0.05, 0.1) is 213 Å². The number of nitrogens with two attached hydrogens (primary N) is 1. The van der Waals surface area contributed by atoms with Crippen molar-refractivity contribution in [3.63, 3.8) is 0 Å². The number of urea groups is 3. The number of halogens is 9. The summed E-state index contributed by atoms with van der Waals surface area (Å²) >= 11 is 50.5. The standard InChI is InChI=1S/3C18H19Cl2N7O3.C15H12ClN5O3.C9H13ClN2O.CH3FS/c3*1-9-15(20)14(10(2)29-3)13(8-21-9)25-18(28)24-12-7-11(19)16(26-17(12)30-4)27-22-5-6-23-27;1-23-14-12(19-15(22)24-10-5-3-2-4-6-10)9-11(16)13(20-14)21-17-7-8-18-21;1-5-9(10)8(6(2)13-3)7(11)4-12-5;1-3-2/h3*5-8,10H,1-4H3,(H2,24,25,28);2-9H,1H3,(H,19,22);4,6H,11H2,1-3H3;1H3/t2*10-;;;;/m10..../s1. The van der Waals surface area contributed by atoms with Crippen LogP contribution in [0.1, 0.15) is 97.1 Å². The van der Waals surface area contributed by atoms with E-state index < -0.39 is 24.2 Å². The average molecular weight is 1970 g/mol. The normalized spacial score (nSPS) is 11.5. The molecule has 12 heterocycles. The molecule has 0 saturated carbocycles. The fourth-order valence-electron chi connectivity index (χ4n) is 11.0. The first-order valence-corrected chi connectivity index (χ1v) is 41.7. The first-order chi connectivity index (χ1) is 62.2. The number of aryl methyl sites for hydroxylation is 4. The van der Waals surface area contributed by atoms with Crippen LogP contribution in [0.15, 0.2) is 129 Å². The van der Waals surface area contributed by atoms with E-state index in [9.17, 15) is 23.1 Å². The first-order valence-electron chi connectivity index (χ1n) is 37.6. The number of ether oxygens (including phenoxy) is 9. The van der Waals surface area contributed by atoms with E-state index in [0.29, 0.717) is 82.4 Å². The van der Waals surface area contributed by atoms with Crippen molar-refractivity contribution < 1.29 is 65.7 Å². The summed E-state index contributed by atoms with van der Waals surface area (Å²) in [6.07, 6.45) is 17.6. The van der Waals surface area contributed by atoms with Crippen LogP contribution < -0.4 is 66.6 Å². The Morgan fingerprint density at radius 2 is 0.600 bits per heavy atom. The van der Waals surface area contributed by atoms with Crippen molar-refractivity contribution in [2.45, 2.75) is 79.8 Å². The highest BCUT2D eigenvalue weighted by molar-refractivity contribution is 7.93. The summed E-state index contributed by atoms with van der Waals surface area (Å²) in [5.74, 6) is 2.01. The molecule has 13 rings (SSSR count). The number of nitrogen functional groups attached to an aromatic ring is 1. The highest BCUT2D eigenvalue weighted by atomic mass is 35.5. The number of hydrogen-bond acceptors (Lipinski definition) is 31. The number of nitrogens with zero attached hydrogens (tertiary/aromatic N) is 20. The smallest absolute Gasteiger partial charge is 0.417 e. The molecular weight excluding hydrogens is 1880 g/mol. The molecule has 51 heteroatoms. The summed E-state index contributed by atoms with van der Waals surface area (Å²) < 4.78 is 57.6. The lowest BCUT2D eigenvalue weighted by Gasteiger charge is -2.19. The van der Waals surface area contributed by atoms with Gasteiger partial charge in [0.15, 0.2) is 23.3 Å². The number of hydrogen-bond donors (Lipinski definition) is 8. The van der Waals surface area contributed by atoms with Gasteiger partial charge in [-0.2, -0.15) is 64.6 Å². The molecule has 12 aromatic heterocycles. The van der Waals surface area contributed by atoms with E-state index in [4.69, 9.17) is 141 Å². The maximum Gasteiger partial charge on any atom is 0.417 e. The van der Waals surface area contributed by atoms with Gasteiger partial charge in [0.2, 0.25) is 23.5 Å². The fraction of sp³-hybridized carbons (Fsp3) is 0.266. The quantitative estimate of drug-likeness (QED) is 0.0278. The Kier molecular flexibility index (Phi) is 39.5. The second kappa shape index (κ2) is 49.9. The number of nitrogens with one attached hydrogen (secondary N) is 7. The molecule has 13 aromatic rings. The lowest BCUT2D eigenvalue weighted by atomic mass is 10.1. The van der Waals surface area contributed by atoms with Crippen LogP contribution in [0.5, 0.6) is 29.3 Å². The molecule has 130 heavy (non-hydrogen) atoms. The summed E-state index contributed by atoms with van der Waals surface area (Å²) in [6, 6.07) is 12.9. The number of methoxy groups -OCH3 is 8. The van der Waals surface area contributed by atoms with E-state index in [0.717, 1.165) is 11.3 Å². The Morgan fingerprint density at radius 1 is 0.369 bits per heavy atom. The predicted octanol–water partition coefficient (Wildman–Crippen LogP) is 18.6. The van der Waals surface area contributed by atoms with Crippen LogP contribution in [-0.4, -0.2) is 187 Å². The van der Waals surface area contributed by atoms with Crippen LogP contribution in [0.2, 0.25) is 40.2 Å². The minimum absolute atomic E-state index is 0.103. The lowest BCUT2D eigenvalue weighted by Crippen LogP contribution is -2.22. The first kappa shape index (κ1) is 103. The zero-order valence-corrected chi connectivity index (χ0v) is 78.9. The van der Waals surface area contributed by atoms with Gasteiger partial charge in [0, 0.05) is 69.1 Å². The molecule has 4 atom stereocenters. The van der Waals surface area contributed by atoms with E-state index >= 15 is 0 Å². The van der Waals surface area contributed by atoms with Crippen LogP contribution in [0.4, 0.5) is 68.6 Å². The summed E-state index contributed by atoms with van der Waals surface area (Å²) in [5.41, 5.74) is 13.9. The maximum atomic E-state index is 12.6. The number of carbonyl (C=O) groups is 4. The van der Waals surface area contributed by atoms with Crippen molar-refractivity contribution in [3.05, 3.63) is 214 Å². The van der Waals surface area contributed by atoms with Gasteiger partial charge in [-0.1, -0.05) is 111 Å².